The Morgan fingerprint density at radius 1 is 0.947 bits per heavy atom. The molecule has 1 unspecified atom stereocenters. The molecule has 0 amide bonds. The molecule has 0 saturated heterocycles. The van der Waals surface area contributed by atoms with Gasteiger partial charge in [0.2, 0.25) is 0 Å². The molecule has 0 spiro atoms. The second-order valence-electron chi connectivity index (χ2n) is 4.92. The van der Waals surface area contributed by atoms with Gasteiger partial charge in [-0.25, -0.2) is 0 Å². The van der Waals surface area contributed by atoms with E-state index >= 15 is 0 Å². The smallest absolute Gasteiger partial charge is 0.185 e. The van der Waals surface area contributed by atoms with E-state index in [0.29, 0.717) is 0 Å². The van der Waals surface area contributed by atoms with Crippen LogP contribution in [0.2, 0.25) is 19.6 Å². The van der Waals surface area contributed by atoms with Crippen LogP contribution in [0.1, 0.15) is 0 Å². The molecule has 2 saturated carbocycles. The summed E-state index contributed by atoms with van der Waals surface area (Å²) in [6.07, 6.45) is 17.3. The van der Waals surface area contributed by atoms with Gasteiger partial charge in [-0.15, -0.1) is 0 Å². The molecular formula is C15H19FeNOSi. The third-order valence-corrected chi connectivity index (χ3v) is 3.08. The molecule has 2 rings (SSSR count). The van der Waals surface area contributed by atoms with Crippen LogP contribution in [-0.4, -0.2) is 14.4 Å². The zero-order valence-electron chi connectivity index (χ0n) is 11.5. The normalized spacial score (nSPS) is 20.9. The van der Waals surface area contributed by atoms with E-state index in [1.165, 1.54) is 0 Å². The minimum atomic E-state index is -1.62. The maximum Gasteiger partial charge on any atom is 0.185 e. The molecule has 19 heavy (non-hydrogen) atoms. The van der Waals surface area contributed by atoms with Crippen LogP contribution in [0.5, 0.6) is 0 Å². The van der Waals surface area contributed by atoms with Crippen molar-refractivity contribution in [1.82, 2.24) is 0 Å². The SMILES string of the molecule is C[Si](C)(C)OC(C#N)[C]1[CH][CH][CH][CH]1.[CH]1[CH][CH][CH][CH]1.[Fe]. The molecule has 4 heteroatoms. The van der Waals surface area contributed by atoms with E-state index in [0.717, 1.165) is 5.92 Å². The van der Waals surface area contributed by atoms with Gasteiger partial charge in [-0.1, -0.05) is 0 Å². The van der Waals surface area contributed by atoms with Crippen LogP contribution >= 0.6 is 0 Å². The molecular weight excluding hydrogens is 294 g/mol. The molecule has 0 aliphatic heterocycles. The van der Waals surface area contributed by atoms with Gasteiger partial charge in [0.05, 0.1) is 6.07 Å². The summed E-state index contributed by atoms with van der Waals surface area (Å²) >= 11 is 0. The maximum atomic E-state index is 8.91. The zero-order valence-corrected chi connectivity index (χ0v) is 13.6. The summed E-state index contributed by atoms with van der Waals surface area (Å²) in [5, 5.41) is 8.91. The van der Waals surface area contributed by atoms with Crippen molar-refractivity contribution in [2.75, 3.05) is 0 Å². The van der Waals surface area contributed by atoms with Gasteiger partial charge in [-0.3, -0.25) is 0 Å². The number of nitrogens with zero attached hydrogens (tertiary/aromatic N) is 1. The molecule has 102 valence electrons. The third-order valence-electron chi connectivity index (χ3n) is 2.14. The fourth-order valence-corrected chi connectivity index (χ4v) is 2.30. The molecule has 10 radical (unpaired) electrons. The van der Waals surface area contributed by atoms with Crippen molar-refractivity contribution in [1.29, 1.82) is 5.26 Å². The summed E-state index contributed by atoms with van der Waals surface area (Å²) in [7, 11) is -1.62. The second kappa shape index (κ2) is 9.99. The van der Waals surface area contributed by atoms with Gasteiger partial charge in [0, 0.05) is 23.0 Å². The first kappa shape index (κ1) is 19.2. The summed E-state index contributed by atoms with van der Waals surface area (Å²) < 4.78 is 5.71. The van der Waals surface area contributed by atoms with Crippen LogP contribution in [0.4, 0.5) is 0 Å². The molecule has 2 nitrogen and oxygen atoms in total. The molecule has 0 aromatic rings. The van der Waals surface area contributed by atoms with E-state index in [-0.39, 0.29) is 23.2 Å². The summed E-state index contributed by atoms with van der Waals surface area (Å²) in [5.41, 5.74) is 0. The average Bonchev–Trinajstić information content (AvgIpc) is 2.99. The van der Waals surface area contributed by atoms with Gasteiger partial charge in [0.25, 0.3) is 0 Å². The molecule has 0 bridgehead atoms. The van der Waals surface area contributed by atoms with Crippen molar-refractivity contribution in [3.8, 4) is 6.07 Å². The first-order valence-corrected chi connectivity index (χ1v) is 9.39. The first-order chi connectivity index (χ1) is 8.53. The first-order valence-electron chi connectivity index (χ1n) is 5.98. The largest absolute Gasteiger partial charge is 0.402 e. The van der Waals surface area contributed by atoms with E-state index in [4.69, 9.17) is 9.69 Å². The van der Waals surface area contributed by atoms with Gasteiger partial charge in [0.1, 0.15) is 6.10 Å². The van der Waals surface area contributed by atoms with Gasteiger partial charge in [-0.2, -0.15) is 5.26 Å². The fourth-order valence-electron chi connectivity index (χ4n) is 1.41. The Balaban J connectivity index is 0.000000454. The van der Waals surface area contributed by atoms with Crippen LogP contribution in [0.15, 0.2) is 0 Å². The summed E-state index contributed by atoms with van der Waals surface area (Å²) in [4.78, 5) is 0. The number of hydrogen-bond donors (Lipinski definition) is 0. The fraction of sp³-hybridized carbons (Fsp3) is 0.267. The Hall–Kier alpha value is 0.186. The van der Waals surface area contributed by atoms with Gasteiger partial charge in [0.15, 0.2) is 8.32 Å². The van der Waals surface area contributed by atoms with Gasteiger partial charge in [-0.05, 0) is 77.4 Å². The van der Waals surface area contributed by atoms with E-state index < -0.39 is 8.32 Å². The van der Waals surface area contributed by atoms with Crippen LogP contribution in [-0.2, 0) is 21.5 Å². The summed E-state index contributed by atoms with van der Waals surface area (Å²) in [5.74, 6) is 0.963. The van der Waals surface area contributed by atoms with Crippen molar-refractivity contribution in [2.45, 2.75) is 25.7 Å². The molecule has 0 heterocycles. The topological polar surface area (TPSA) is 33.0 Å². The van der Waals surface area contributed by atoms with Crippen molar-refractivity contribution < 1.29 is 21.5 Å². The second-order valence-corrected chi connectivity index (χ2v) is 9.38. The van der Waals surface area contributed by atoms with Gasteiger partial charge >= 0.3 is 0 Å². The number of hydrogen-bond acceptors (Lipinski definition) is 2. The molecule has 2 aliphatic carbocycles. The minimum absolute atomic E-state index is 0. The Morgan fingerprint density at radius 2 is 1.37 bits per heavy atom. The van der Waals surface area contributed by atoms with Crippen molar-refractivity contribution >= 4 is 8.32 Å². The Morgan fingerprint density at radius 3 is 1.68 bits per heavy atom. The molecule has 2 fully saturated rings. The quantitative estimate of drug-likeness (QED) is 0.750. The number of nitriles is 1. The average molecular weight is 313 g/mol. The van der Waals surface area contributed by atoms with Crippen LogP contribution in [0.3, 0.4) is 0 Å². The van der Waals surface area contributed by atoms with E-state index in [9.17, 15) is 0 Å². The molecule has 0 N–H and O–H groups in total. The van der Waals surface area contributed by atoms with Crippen LogP contribution in [0, 0.1) is 75.0 Å². The Bertz CT molecular complexity index is 255. The Kier molecular flexibility index (Phi) is 10.1. The van der Waals surface area contributed by atoms with Crippen molar-refractivity contribution in [3.05, 3.63) is 63.7 Å². The minimum Gasteiger partial charge on any atom is -0.402 e. The van der Waals surface area contributed by atoms with Crippen molar-refractivity contribution in [2.24, 2.45) is 0 Å². The molecule has 0 aromatic carbocycles. The van der Waals surface area contributed by atoms with Crippen molar-refractivity contribution in [3.63, 3.8) is 0 Å². The molecule has 2 aliphatic rings. The van der Waals surface area contributed by atoms with E-state index in [1.54, 1.807) is 0 Å². The maximum absolute atomic E-state index is 8.91. The van der Waals surface area contributed by atoms with E-state index in [2.05, 4.69) is 25.7 Å². The predicted octanol–water partition coefficient (Wildman–Crippen LogP) is 3.15. The number of rotatable bonds is 3. The third kappa shape index (κ3) is 8.86. The van der Waals surface area contributed by atoms with Crippen LogP contribution < -0.4 is 0 Å². The predicted molar refractivity (Wildman–Crippen MR) is 75.8 cm³/mol. The van der Waals surface area contributed by atoms with E-state index in [1.807, 2.05) is 57.8 Å². The molecule has 0 aromatic heterocycles. The molecule has 1 atom stereocenters. The van der Waals surface area contributed by atoms with Gasteiger partial charge < -0.3 is 4.43 Å². The standard InChI is InChI=1S/C10H14NOSi.C5H5.Fe/c1-13(2,3)12-10(8-11)9-6-4-5-7-9;1-2-4-5-3-1;/h4-7,10H,1-3H3;1-5H;. The Labute approximate surface area is 130 Å². The van der Waals surface area contributed by atoms with Crippen LogP contribution in [0.25, 0.3) is 0 Å². The summed E-state index contributed by atoms with van der Waals surface area (Å²) in [6.45, 7) is 6.25. The zero-order chi connectivity index (χ0) is 13.4. The monoisotopic (exact) mass is 313 g/mol. The summed E-state index contributed by atoms with van der Waals surface area (Å²) in [6, 6.07) is 2.17.